The molecule has 7 nitrogen and oxygen atoms in total. The molecule has 1 atom stereocenters. The summed E-state index contributed by atoms with van der Waals surface area (Å²) in [5, 5.41) is 2.83. The Morgan fingerprint density at radius 3 is 2.30 bits per heavy atom. The van der Waals surface area contributed by atoms with Crippen LogP contribution in [0.4, 0.5) is 5.69 Å². The molecule has 2 fully saturated rings. The van der Waals surface area contributed by atoms with Crippen molar-refractivity contribution in [2.45, 2.75) is 70.2 Å². The van der Waals surface area contributed by atoms with Crippen molar-refractivity contribution in [2.75, 3.05) is 25.0 Å². The average molecular weight is 436 g/mol. The number of likely N-dealkylation sites (tertiary alicyclic amines) is 1. The lowest BCUT2D eigenvalue weighted by atomic mass is 9.94. The van der Waals surface area contributed by atoms with Crippen molar-refractivity contribution in [3.8, 4) is 0 Å². The Balaban J connectivity index is 1.75. The van der Waals surface area contributed by atoms with Gasteiger partial charge in [0, 0.05) is 30.7 Å². The Bertz CT molecular complexity index is 884. The van der Waals surface area contributed by atoms with E-state index < -0.39 is 21.5 Å². The number of carbonyl (C=O) groups excluding carboxylic acids is 2. The fraction of sp³-hybridized carbons (Fsp3) is 0.636. The Labute approximate surface area is 179 Å². The first kappa shape index (κ1) is 22.7. The van der Waals surface area contributed by atoms with Gasteiger partial charge in [-0.25, -0.2) is 8.42 Å². The van der Waals surface area contributed by atoms with Crippen molar-refractivity contribution in [1.82, 2.24) is 9.21 Å². The molecule has 0 radical (unpaired) electrons. The van der Waals surface area contributed by atoms with Gasteiger partial charge in [0.2, 0.25) is 21.8 Å². The molecule has 2 aliphatic heterocycles. The van der Waals surface area contributed by atoms with Crippen LogP contribution in [0, 0.1) is 5.41 Å². The van der Waals surface area contributed by atoms with E-state index in [1.807, 2.05) is 20.8 Å². The summed E-state index contributed by atoms with van der Waals surface area (Å²) < 4.78 is 27.6. The lowest BCUT2D eigenvalue weighted by Crippen LogP contribution is -2.47. The number of benzene rings is 1. The zero-order valence-corrected chi connectivity index (χ0v) is 19.0. The molecular formula is C22H33N3O4S. The number of sulfonamides is 1. The normalized spacial score (nSPS) is 21.3. The minimum atomic E-state index is -3.59. The first-order chi connectivity index (χ1) is 14.1. The summed E-state index contributed by atoms with van der Waals surface area (Å²) in [5.41, 5.74) is -0.115. The van der Waals surface area contributed by atoms with Crippen molar-refractivity contribution in [3.05, 3.63) is 24.3 Å². The molecule has 166 valence electrons. The minimum Gasteiger partial charge on any atom is -0.330 e. The van der Waals surface area contributed by atoms with E-state index in [2.05, 4.69) is 5.32 Å². The largest absolute Gasteiger partial charge is 0.330 e. The summed E-state index contributed by atoms with van der Waals surface area (Å²) >= 11 is 0. The smallest absolute Gasteiger partial charge is 0.247 e. The van der Waals surface area contributed by atoms with Gasteiger partial charge in [-0.15, -0.1) is 0 Å². The SMILES string of the molecule is CC(C)(C)C(=O)N1CCCC1C(=O)Nc1cccc(S(=O)(=O)N2CCCCCC2)c1. The first-order valence-corrected chi connectivity index (χ1v) is 12.3. The third-order valence-corrected chi connectivity index (χ3v) is 7.66. The quantitative estimate of drug-likeness (QED) is 0.787. The third-order valence-electron chi connectivity index (χ3n) is 5.76. The van der Waals surface area contributed by atoms with E-state index >= 15 is 0 Å². The summed E-state index contributed by atoms with van der Waals surface area (Å²) in [4.78, 5) is 27.4. The average Bonchev–Trinajstić information content (AvgIpc) is 3.00. The zero-order valence-electron chi connectivity index (χ0n) is 18.2. The molecule has 2 aliphatic rings. The van der Waals surface area contributed by atoms with Crippen LogP contribution >= 0.6 is 0 Å². The van der Waals surface area contributed by atoms with Gasteiger partial charge in [0.1, 0.15) is 6.04 Å². The molecule has 1 aromatic rings. The van der Waals surface area contributed by atoms with Crippen molar-refractivity contribution in [1.29, 1.82) is 0 Å². The van der Waals surface area contributed by atoms with E-state index in [1.165, 1.54) is 6.07 Å². The second-order valence-corrected chi connectivity index (χ2v) is 11.2. The number of hydrogen-bond acceptors (Lipinski definition) is 4. The number of nitrogens with one attached hydrogen (secondary N) is 1. The maximum absolute atomic E-state index is 13.0. The van der Waals surface area contributed by atoms with Gasteiger partial charge in [0.25, 0.3) is 0 Å². The molecule has 1 aromatic carbocycles. The van der Waals surface area contributed by atoms with Gasteiger partial charge >= 0.3 is 0 Å². The van der Waals surface area contributed by atoms with Crippen LogP contribution in [0.2, 0.25) is 0 Å². The fourth-order valence-corrected chi connectivity index (χ4v) is 5.67. The van der Waals surface area contributed by atoms with Crippen molar-refractivity contribution in [2.24, 2.45) is 5.41 Å². The second-order valence-electron chi connectivity index (χ2n) is 9.24. The number of amides is 2. The Morgan fingerprint density at radius 2 is 1.67 bits per heavy atom. The minimum absolute atomic E-state index is 0.0438. The van der Waals surface area contributed by atoms with E-state index in [4.69, 9.17) is 0 Å². The zero-order chi connectivity index (χ0) is 21.9. The van der Waals surface area contributed by atoms with Gasteiger partial charge in [0.15, 0.2) is 0 Å². The number of anilines is 1. The summed E-state index contributed by atoms with van der Waals surface area (Å²) in [6.45, 7) is 7.17. The number of rotatable bonds is 4. The highest BCUT2D eigenvalue weighted by Crippen LogP contribution is 2.27. The lowest BCUT2D eigenvalue weighted by Gasteiger charge is -2.30. The first-order valence-electron chi connectivity index (χ1n) is 10.8. The van der Waals surface area contributed by atoms with Gasteiger partial charge < -0.3 is 10.2 Å². The third kappa shape index (κ3) is 5.03. The molecule has 2 amide bonds. The predicted molar refractivity (Wildman–Crippen MR) is 116 cm³/mol. The van der Waals surface area contributed by atoms with Crippen LogP contribution in [0.5, 0.6) is 0 Å². The van der Waals surface area contributed by atoms with E-state index in [0.717, 1.165) is 32.1 Å². The van der Waals surface area contributed by atoms with Crippen LogP contribution < -0.4 is 5.32 Å². The number of nitrogens with zero attached hydrogens (tertiary/aromatic N) is 2. The monoisotopic (exact) mass is 435 g/mol. The Kier molecular flexibility index (Phi) is 6.87. The highest BCUT2D eigenvalue weighted by atomic mass is 32.2. The highest BCUT2D eigenvalue weighted by Gasteiger charge is 2.38. The molecular weight excluding hydrogens is 402 g/mol. The van der Waals surface area contributed by atoms with Crippen LogP contribution in [0.1, 0.15) is 59.3 Å². The molecule has 30 heavy (non-hydrogen) atoms. The Hall–Kier alpha value is -1.93. The number of hydrogen-bond donors (Lipinski definition) is 1. The van der Waals surface area contributed by atoms with Crippen LogP contribution in [-0.2, 0) is 19.6 Å². The van der Waals surface area contributed by atoms with E-state index in [0.29, 0.717) is 31.7 Å². The maximum Gasteiger partial charge on any atom is 0.247 e. The summed E-state index contributed by atoms with van der Waals surface area (Å²) in [5.74, 6) is -0.313. The summed E-state index contributed by atoms with van der Waals surface area (Å²) in [6, 6.07) is 5.89. The topological polar surface area (TPSA) is 86.8 Å². The van der Waals surface area contributed by atoms with Crippen LogP contribution in [0.3, 0.4) is 0 Å². The molecule has 1 unspecified atom stereocenters. The maximum atomic E-state index is 13.0. The molecule has 0 bridgehead atoms. The van der Waals surface area contributed by atoms with Gasteiger partial charge in [0.05, 0.1) is 4.90 Å². The molecule has 0 aliphatic carbocycles. The molecule has 1 N–H and O–H groups in total. The molecule has 0 aromatic heterocycles. The van der Waals surface area contributed by atoms with Crippen LogP contribution in [0.25, 0.3) is 0 Å². The van der Waals surface area contributed by atoms with Crippen LogP contribution in [0.15, 0.2) is 29.2 Å². The van der Waals surface area contributed by atoms with Gasteiger partial charge in [-0.1, -0.05) is 39.7 Å². The standard InChI is InChI=1S/C22H33N3O4S/c1-22(2,3)21(27)25-15-9-12-19(25)20(26)23-17-10-8-11-18(16-17)30(28,29)24-13-6-4-5-7-14-24/h8,10-11,16,19H,4-7,9,12-15H2,1-3H3,(H,23,26). The lowest BCUT2D eigenvalue weighted by molar-refractivity contribution is -0.143. The van der Waals surface area contributed by atoms with Crippen molar-refractivity contribution in [3.63, 3.8) is 0 Å². The molecule has 0 saturated carbocycles. The predicted octanol–water partition coefficient (Wildman–Crippen LogP) is 3.23. The molecule has 8 heteroatoms. The molecule has 2 saturated heterocycles. The molecule has 2 heterocycles. The van der Waals surface area contributed by atoms with Gasteiger partial charge in [-0.05, 0) is 43.9 Å². The molecule has 0 spiro atoms. The highest BCUT2D eigenvalue weighted by molar-refractivity contribution is 7.89. The van der Waals surface area contributed by atoms with E-state index in [-0.39, 0.29) is 16.7 Å². The molecule has 3 rings (SSSR count). The van der Waals surface area contributed by atoms with Crippen molar-refractivity contribution >= 4 is 27.5 Å². The van der Waals surface area contributed by atoms with Gasteiger partial charge in [-0.2, -0.15) is 4.31 Å². The van der Waals surface area contributed by atoms with Crippen molar-refractivity contribution < 1.29 is 18.0 Å². The Morgan fingerprint density at radius 1 is 1.00 bits per heavy atom. The van der Waals surface area contributed by atoms with E-state index in [1.54, 1.807) is 27.4 Å². The number of carbonyl (C=O) groups is 2. The summed E-state index contributed by atoms with van der Waals surface area (Å²) in [7, 11) is -3.59. The summed E-state index contributed by atoms with van der Waals surface area (Å²) in [6.07, 6.45) is 5.23. The fourth-order valence-electron chi connectivity index (χ4n) is 4.10. The second kappa shape index (κ2) is 9.06. The van der Waals surface area contributed by atoms with E-state index in [9.17, 15) is 18.0 Å². The van der Waals surface area contributed by atoms with Crippen LogP contribution in [-0.4, -0.2) is 55.1 Å². The van der Waals surface area contributed by atoms with Gasteiger partial charge in [-0.3, -0.25) is 9.59 Å².